The SMILES string of the molecule is O=C(Cn1c(=O)cnc2ccccc21)Nc1nnc(C23CC4CC(CC(C4)C2)C3)s1. The molecule has 0 aliphatic heterocycles. The topological polar surface area (TPSA) is 89.8 Å². The molecule has 0 radical (unpaired) electrons. The number of nitrogens with zero attached hydrogens (tertiary/aromatic N) is 4. The van der Waals surface area contributed by atoms with Crippen LogP contribution < -0.4 is 10.9 Å². The Morgan fingerprint density at radius 1 is 1.10 bits per heavy atom. The Labute approximate surface area is 177 Å². The third-order valence-electron chi connectivity index (χ3n) is 7.22. The van der Waals surface area contributed by atoms with Gasteiger partial charge in [-0.3, -0.25) is 19.5 Å². The fraction of sp³-hybridized carbons (Fsp3) is 0.500. The third-order valence-corrected chi connectivity index (χ3v) is 8.30. The number of benzene rings is 1. The summed E-state index contributed by atoms with van der Waals surface area (Å²) in [5, 5.41) is 13.3. The van der Waals surface area contributed by atoms with E-state index in [1.54, 1.807) is 6.07 Å². The van der Waals surface area contributed by atoms with E-state index in [4.69, 9.17) is 0 Å². The summed E-state index contributed by atoms with van der Waals surface area (Å²) >= 11 is 1.51. The smallest absolute Gasteiger partial charge is 0.269 e. The van der Waals surface area contributed by atoms with Crippen molar-refractivity contribution >= 4 is 33.4 Å². The average Bonchev–Trinajstić information content (AvgIpc) is 3.18. The molecule has 4 fully saturated rings. The minimum atomic E-state index is -0.296. The molecule has 0 spiro atoms. The minimum absolute atomic E-state index is 0.0753. The lowest BCUT2D eigenvalue weighted by molar-refractivity contribution is -0.116. The third kappa shape index (κ3) is 2.96. The molecule has 154 valence electrons. The van der Waals surface area contributed by atoms with Crippen molar-refractivity contribution in [2.24, 2.45) is 17.8 Å². The van der Waals surface area contributed by atoms with Crippen molar-refractivity contribution in [2.45, 2.75) is 50.5 Å². The second kappa shape index (κ2) is 6.70. The largest absolute Gasteiger partial charge is 0.299 e. The Morgan fingerprint density at radius 3 is 2.53 bits per heavy atom. The molecule has 8 heteroatoms. The highest BCUT2D eigenvalue weighted by Crippen LogP contribution is 2.61. The van der Waals surface area contributed by atoms with Gasteiger partial charge in [-0.25, -0.2) is 4.98 Å². The summed E-state index contributed by atoms with van der Waals surface area (Å²) in [5.74, 6) is 2.24. The molecule has 4 bridgehead atoms. The quantitative estimate of drug-likeness (QED) is 0.698. The zero-order valence-electron chi connectivity index (χ0n) is 16.6. The second-order valence-corrected chi connectivity index (χ2v) is 10.3. The zero-order chi connectivity index (χ0) is 20.3. The molecule has 30 heavy (non-hydrogen) atoms. The van der Waals surface area contributed by atoms with Gasteiger partial charge in [0.2, 0.25) is 11.0 Å². The number of hydrogen-bond acceptors (Lipinski definition) is 6. The highest BCUT2D eigenvalue weighted by atomic mass is 32.1. The van der Waals surface area contributed by atoms with Crippen LogP contribution >= 0.6 is 11.3 Å². The maximum atomic E-state index is 12.7. The molecule has 0 saturated heterocycles. The first-order valence-electron chi connectivity index (χ1n) is 10.7. The second-order valence-electron chi connectivity index (χ2n) is 9.33. The van der Waals surface area contributed by atoms with Crippen molar-refractivity contribution in [3.8, 4) is 0 Å². The maximum Gasteiger partial charge on any atom is 0.269 e. The Kier molecular flexibility index (Phi) is 4.06. The van der Waals surface area contributed by atoms with Crippen LogP contribution in [0.15, 0.2) is 35.3 Å². The van der Waals surface area contributed by atoms with Gasteiger partial charge in [-0.1, -0.05) is 23.5 Å². The Hall–Kier alpha value is -2.61. The number of fused-ring (bicyclic) bond motifs is 1. The molecule has 7 nitrogen and oxygen atoms in total. The Bertz CT molecular complexity index is 1160. The van der Waals surface area contributed by atoms with Gasteiger partial charge in [0.15, 0.2) is 0 Å². The van der Waals surface area contributed by atoms with E-state index in [1.807, 2.05) is 18.2 Å². The summed E-state index contributed by atoms with van der Waals surface area (Å²) in [6.45, 7) is -0.0753. The predicted octanol–water partition coefficient (Wildman–Crippen LogP) is 3.35. The summed E-state index contributed by atoms with van der Waals surface area (Å²) in [6.07, 6.45) is 9.08. The molecular weight excluding hydrogens is 398 g/mol. The van der Waals surface area contributed by atoms with Crippen LogP contribution in [-0.2, 0) is 16.8 Å². The molecule has 7 rings (SSSR count). The highest BCUT2D eigenvalue weighted by Gasteiger charge is 2.53. The van der Waals surface area contributed by atoms with E-state index in [0.717, 1.165) is 22.8 Å². The summed E-state index contributed by atoms with van der Waals surface area (Å²) in [7, 11) is 0. The molecule has 0 atom stereocenters. The van der Waals surface area contributed by atoms with Crippen LogP contribution in [0.1, 0.15) is 43.5 Å². The molecular formula is C22H23N5O2S. The van der Waals surface area contributed by atoms with Crippen molar-refractivity contribution in [3.63, 3.8) is 0 Å². The molecule has 3 aromatic rings. The number of rotatable bonds is 4. The van der Waals surface area contributed by atoms with Crippen LogP contribution in [0.5, 0.6) is 0 Å². The number of carbonyl (C=O) groups excluding carboxylic acids is 1. The first-order valence-corrected chi connectivity index (χ1v) is 11.5. The van der Waals surface area contributed by atoms with Gasteiger partial charge in [-0.15, -0.1) is 10.2 Å². The molecule has 1 aromatic carbocycles. The zero-order valence-corrected chi connectivity index (χ0v) is 17.4. The van der Waals surface area contributed by atoms with Gasteiger partial charge in [0, 0.05) is 5.41 Å². The van der Waals surface area contributed by atoms with Gasteiger partial charge in [-0.2, -0.15) is 0 Å². The number of nitrogens with one attached hydrogen (secondary N) is 1. The van der Waals surface area contributed by atoms with E-state index >= 15 is 0 Å². The van der Waals surface area contributed by atoms with Gasteiger partial charge in [0.25, 0.3) is 5.56 Å². The van der Waals surface area contributed by atoms with E-state index in [1.165, 1.54) is 60.6 Å². The fourth-order valence-corrected chi connectivity index (χ4v) is 7.42. The van der Waals surface area contributed by atoms with Crippen molar-refractivity contribution < 1.29 is 4.79 Å². The van der Waals surface area contributed by atoms with Gasteiger partial charge in [-0.05, 0) is 68.4 Å². The van der Waals surface area contributed by atoms with Crippen LogP contribution in [0.2, 0.25) is 0 Å². The van der Waals surface area contributed by atoms with Crippen LogP contribution in [0.3, 0.4) is 0 Å². The first-order chi connectivity index (χ1) is 14.6. The Morgan fingerprint density at radius 2 is 1.80 bits per heavy atom. The van der Waals surface area contributed by atoms with Crippen LogP contribution in [0.4, 0.5) is 5.13 Å². The number of para-hydroxylation sites is 2. The molecule has 1 amide bonds. The minimum Gasteiger partial charge on any atom is -0.299 e. The van der Waals surface area contributed by atoms with E-state index in [9.17, 15) is 9.59 Å². The standard InChI is InChI=1S/C22H23N5O2S/c28-18(12-27-17-4-2-1-3-16(17)23-11-19(27)29)24-21-26-25-20(30-21)22-8-13-5-14(9-22)7-15(6-13)10-22/h1-4,11,13-15H,5-10,12H2,(H,24,26,28). The molecule has 2 aromatic heterocycles. The molecule has 4 aliphatic carbocycles. The lowest BCUT2D eigenvalue weighted by Crippen LogP contribution is -2.48. The van der Waals surface area contributed by atoms with E-state index in [2.05, 4.69) is 20.5 Å². The predicted molar refractivity (Wildman–Crippen MR) is 114 cm³/mol. The highest BCUT2D eigenvalue weighted by molar-refractivity contribution is 7.15. The first kappa shape index (κ1) is 18.2. The number of amides is 1. The molecule has 0 unspecified atom stereocenters. The van der Waals surface area contributed by atoms with Crippen molar-refractivity contribution in [1.82, 2.24) is 19.7 Å². The number of anilines is 1. The summed E-state index contributed by atoms with van der Waals surface area (Å²) in [5.41, 5.74) is 1.21. The van der Waals surface area contributed by atoms with Crippen LogP contribution in [0, 0.1) is 17.8 Å². The lowest BCUT2D eigenvalue weighted by atomic mass is 9.50. The molecule has 4 saturated carbocycles. The van der Waals surface area contributed by atoms with Gasteiger partial charge >= 0.3 is 0 Å². The normalized spacial score (nSPS) is 29.4. The van der Waals surface area contributed by atoms with Crippen molar-refractivity contribution in [2.75, 3.05) is 5.32 Å². The monoisotopic (exact) mass is 421 g/mol. The summed E-state index contributed by atoms with van der Waals surface area (Å²) in [4.78, 5) is 29.1. The number of hydrogen-bond donors (Lipinski definition) is 1. The fourth-order valence-electron chi connectivity index (χ4n) is 6.44. The molecule has 2 heterocycles. The van der Waals surface area contributed by atoms with Gasteiger partial charge < -0.3 is 0 Å². The molecule has 1 N–H and O–H groups in total. The average molecular weight is 422 g/mol. The molecule has 4 aliphatic rings. The number of carbonyl (C=O) groups is 1. The van der Waals surface area contributed by atoms with Crippen molar-refractivity contribution in [1.29, 1.82) is 0 Å². The summed E-state index contributed by atoms with van der Waals surface area (Å²) < 4.78 is 1.44. The number of aromatic nitrogens is 4. The Balaban J connectivity index is 1.22. The van der Waals surface area contributed by atoms with Gasteiger partial charge in [0.05, 0.1) is 17.2 Å². The van der Waals surface area contributed by atoms with Crippen LogP contribution in [-0.4, -0.2) is 25.7 Å². The van der Waals surface area contributed by atoms with E-state index in [0.29, 0.717) is 16.2 Å². The van der Waals surface area contributed by atoms with E-state index < -0.39 is 0 Å². The van der Waals surface area contributed by atoms with Crippen molar-refractivity contribution in [3.05, 3.63) is 45.8 Å². The van der Waals surface area contributed by atoms with Crippen LogP contribution in [0.25, 0.3) is 11.0 Å². The maximum absolute atomic E-state index is 12.7. The van der Waals surface area contributed by atoms with Gasteiger partial charge in [0.1, 0.15) is 11.6 Å². The van der Waals surface area contributed by atoms with E-state index in [-0.39, 0.29) is 23.4 Å². The lowest BCUT2D eigenvalue weighted by Gasteiger charge is -2.55. The summed E-state index contributed by atoms with van der Waals surface area (Å²) in [6, 6.07) is 7.32.